The molecule has 0 bridgehead atoms. The third-order valence-corrected chi connectivity index (χ3v) is 11.0. The number of carbonyl (C=O) groups is 4. The van der Waals surface area contributed by atoms with E-state index >= 15 is 0 Å². The molecule has 1 unspecified atom stereocenters. The minimum absolute atomic E-state index is 0.0483. The number of piperazine rings is 1. The number of benzene rings is 3. The molecule has 5 heterocycles. The van der Waals surface area contributed by atoms with E-state index in [4.69, 9.17) is 30.2 Å². The van der Waals surface area contributed by atoms with Crippen LogP contribution in [-0.4, -0.2) is 115 Å². The standard InChI is InChI=1S/C40H36ClF3N6O9/c1-48-9-10-49(23(17-48)18-51)39(55)59-28-14-26-30(31-32(38(54)57-3)35(40(42,43)44)47-33(28)31)21(15-41)16-50(26)37(53)25-12-20-11-22(7-8-24(20)46-25)45-36(52)29-13-19-5-4-6-27(56-2)34(19)58-29/h4-8,11-14,21,23,46-47,51H,9-10,15-18H2,1-3H3,(H,45,52)/t21-,23?/m1/s1. The van der Waals surface area contributed by atoms with Crippen molar-refractivity contribution in [2.75, 3.05) is 70.1 Å². The first-order valence-electron chi connectivity index (χ1n) is 18.3. The molecule has 15 nitrogen and oxygen atoms in total. The van der Waals surface area contributed by atoms with Crippen molar-refractivity contribution >= 4 is 79.6 Å². The minimum Gasteiger partial charge on any atom is -0.493 e. The second-order valence-electron chi connectivity index (χ2n) is 14.3. The maximum Gasteiger partial charge on any atom is 0.432 e. The number of aromatic nitrogens is 2. The molecule has 1 fully saturated rings. The van der Waals surface area contributed by atoms with E-state index in [1.54, 1.807) is 48.5 Å². The second kappa shape index (κ2) is 15.2. The van der Waals surface area contributed by atoms with Gasteiger partial charge in [0.25, 0.3) is 11.8 Å². The number of methoxy groups -OCH3 is 2. The fraction of sp³-hybridized carbons (Fsp3) is 0.300. The number of fused-ring (bicyclic) bond motifs is 5. The van der Waals surface area contributed by atoms with Crippen LogP contribution in [0.4, 0.5) is 29.3 Å². The molecule has 2 atom stereocenters. The van der Waals surface area contributed by atoms with Crippen LogP contribution in [0.5, 0.6) is 11.5 Å². The maximum absolute atomic E-state index is 14.6. The highest BCUT2D eigenvalue weighted by molar-refractivity contribution is 6.20. The number of ether oxygens (including phenoxy) is 3. The summed E-state index contributed by atoms with van der Waals surface area (Å²) in [4.78, 5) is 64.2. The highest BCUT2D eigenvalue weighted by Gasteiger charge is 2.44. The van der Waals surface area contributed by atoms with E-state index < -0.39 is 65.6 Å². The number of hydrogen-bond acceptors (Lipinski definition) is 10. The average Bonchev–Trinajstić information content (AvgIpc) is 4.02. The first-order chi connectivity index (χ1) is 28.2. The Kier molecular flexibility index (Phi) is 10.2. The molecular formula is C40H36ClF3N6O9. The van der Waals surface area contributed by atoms with Gasteiger partial charge in [-0.3, -0.25) is 14.5 Å². The van der Waals surface area contributed by atoms with Gasteiger partial charge in [0, 0.05) is 71.4 Å². The van der Waals surface area contributed by atoms with Gasteiger partial charge in [0.1, 0.15) is 11.4 Å². The smallest absolute Gasteiger partial charge is 0.432 e. The molecule has 0 aliphatic carbocycles. The lowest BCUT2D eigenvalue weighted by atomic mass is 9.95. The quantitative estimate of drug-likeness (QED) is 0.0969. The van der Waals surface area contributed by atoms with Gasteiger partial charge in [-0.1, -0.05) is 12.1 Å². The predicted octanol–water partition coefficient (Wildman–Crippen LogP) is 6.55. The van der Waals surface area contributed by atoms with Gasteiger partial charge in [-0.15, -0.1) is 11.6 Å². The highest BCUT2D eigenvalue weighted by Crippen LogP contribution is 2.50. The number of carbonyl (C=O) groups excluding carboxylic acids is 4. The molecule has 8 rings (SSSR count). The van der Waals surface area contributed by atoms with Crippen LogP contribution in [0.3, 0.4) is 0 Å². The molecule has 3 aromatic carbocycles. The first kappa shape index (κ1) is 39.6. The van der Waals surface area contributed by atoms with Crippen LogP contribution in [0.1, 0.15) is 48.6 Å². The Balaban J connectivity index is 1.17. The molecule has 0 radical (unpaired) electrons. The van der Waals surface area contributed by atoms with Gasteiger partial charge in [0.05, 0.1) is 43.6 Å². The summed E-state index contributed by atoms with van der Waals surface area (Å²) < 4.78 is 65.5. The number of nitrogens with zero attached hydrogens (tertiary/aromatic N) is 3. The molecule has 1 saturated heterocycles. The number of esters is 1. The molecule has 0 spiro atoms. The summed E-state index contributed by atoms with van der Waals surface area (Å²) in [5, 5.41) is 13.8. The largest absolute Gasteiger partial charge is 0.493 e. The lowest BCUT2D eigenvalue weighted by Crippen LogP contribution is -2.56. The fourth-order valence-corrected chi connectivity index (χ4v) is 8.11. The summed E-state index contributed by atoms with van der Waals surface area (Å²) >= 11 is 6.43. The minimum atomic E-state index is -5.08. The number of amides is 3. The fourth-order valence-electron chi connectivity index (χ4n) is 7.85. The van der Waals surface area contributed by atoms with Gasteiger partial charge >= 0.3 is 18.2 Å². The third-order valence-electron chi connectivity index (χ3n) is 10.7. The lowest BCUT2D eigenvalue weighted by Gasteiger charge is -2.38. The van der Waals surface area contributed by atoms with E-state index in [0.29, 0.717) is 46.4 Å². The molecule has 6 aromatic rings. The number of hydrogen-bond donors (Lipinski definition) is 4. The van der Waals surface area contributed by atoms with Crippen molar-refractivity contribution in [2.45, 2.75) is 18.1 Å². The van der Waals surface area contributed by atoms with E-state index in [1.165, 1.54) is 23.0 Å². The summed E-state index contributed by atoms with van der Waals surface area (Å²) in [6.07, 6.45) is -6.03. The summed E-state index contributed by atoms with van der Waals surface area (Å²) in [5.41, 5.74) is -1.01. The Morgan fingerprint density at radius 3 is 2.51 bits per heavy atom. The summed E-state index contributed by atoms with van der Waals surface area (Å²) in [5.74, 6) is -3.27. The van der Waals surface area contributed by atoms with Crippen LogP contribution in [-0.2, 0) is 10.9 Å². The van der Waals surface area contributed by atoms with Gasteiger partial charge < -0.3 is 48.8 Å². The van der Waals surface area contributed by atoms with Crippen molar-refractivity contribution in [2.24, 2.45) is 0 Å². The van der Waals surface area contributed by atoms with Crippen LogP contribution in [0, 0.1) is 0 Å². The molecule has 4 N–H and O–H groups in total. The molecule has 2 aliphatic heterocycles. The van der Waals surface area contributed by atoms with E-state index in [2.05, 4.69) is 15.3 Å². The molecule has 0 saturated carbocycles. The molecule has 3 amide bonds. The Labute approximate surface area is 337 Å². The normalized spacial score (nSPS) is 17.2. The number of aliphatic hydroxyl groups is 1. The maximum atomic E-state index is 14.6. The number of H-pyrrole nitrogens is 2. The van der Waals surface area contributed by atoms with Crippen molar-refractivity contribution in [3.63, 3.8) is 0 Å². The Morgan fingerprint density at radius 2 is 1.80 bits per heavy atom. The number of aliphatic hydroxyl groups excluding tert-OH is 1. The zero-order valence-corrected chi connectivity index (χ0v) is 32.4. The van der Waals surface area contributed by atoms with Crippen LogP contribution < -0.4 is 19.7 Å². The van der Waals surface area contributed by atoms with E-state index in [-0.39, 0.29) is 52.6 Å². The molecule has 3 aromatic heterocycles. The number of anilines is 2. The van der Waals surface area contributed by atoms with Crippen molar-refractivity contribution < 1.29 is 56.1 Å². The monoisotopic (exact) mass is 836 g/mol. The lowest BCUT2D eigenvalue weighted by molar-refractivity contribution is -0.141. The number of likely N-dealkylation sites (N-methyl/N-ethyl adjacent to an activating group) is 1. The number of furan rings is 1. The zero-order chi connectivity index (χ0) is 41.9. The Hall–Kier alpha value is -6.24. The Morgan fingerprint density at radius 1 is 1.00 bits per heavy atom. The molecule has 308 valence electrons. The molecular weight excluding hydrogens is 801 g/mol. The van der Waals surface area contributed by atoms with Gasteiger partial charge in [-0.2, -0.15) is 13.2 Å². The summed E-state index contributed by atoms with van der Waals surface area (Å²) in [6, 6.07) is 13.9. The van der Waals surface area contributed by atoms with Crippen LogP contribution in [0.25, 0.3) is 32.8 Å². The predicted molar refractivity (Wildman–Crippen MR) is 210 cm³/mol. The number of nitrogens with one attached hydrogen (secondary N) is 3. The highest BCUT2D eigenvalue weighted by atomic mass is 35.5. The van der Waals surface area contributed by atoms with Gasteiger partial charge in [0.2, 0.25) is 0 Å². The van der Waals surface area contributed by atoms with E-state index in [9.17, 15) is 37.5 Å². The van der Waals surface area contributed by atoms with Gasteiger partial charge in [-0.05, 0) is 49.0 Å². The molecule has 59 heavy (non-hydrogen) atoms. The number of halogens is 4. The number of aromatic amines is 2. The topological polar surface area (TPSA) is 183 Å². The SMILES string of the molecule is COC(=O)c1c(C(F)(F)F)[nH]c2c(OC(=O)N3CCN(C)CC3CO)cc3c(c12)[C@H](CCl)CN3C(=O)c1cc2cc(NC(=O)c3cc4cccc(OC)c4o3)ccc2[nH]1. The number of para-hydroxylation sites is 1. The van der Waals surface area contributed by atoms with Crippen LogP contribution in [0.2, 0.25) is 0 Å². The van der Waals surface area contributed by atoms with Crippen molar-refractivity contribution in [1.29, 1.82) is 0 Å². The Bertz CT molecular complexity index is 2670. The van der Waals surface area contributed by atoms with Crippen molar-refractivity contribution in [1.82, 2.24) is 19.8 Å². The van der Waals surface area contributed by atoms with Gasteiger partial charge in [-0.25, -0.2) is 9.59 Å². The third kappa shape index (κ3) is 6.95. The summed E-state index contributed by atoms with van der Waals surface area (Å²) in [6.45, 7) is 0.393. The average molecular weight is 837 g/mol. The summed E-state index contributed by atoms with van der Waals surface area (Å²) in [7, 11) is 4.24. The number of alkyl halides is 4. The van der Waals surface area contributed by atoms with Crippen LogP contribution >= 0.6 is 11.6 Å². The molecule has 19 heteroatoms. The second-order valence-corrected chi connectivity index (χ2v) is 14.6. The van der Waals surface area contributed by atoms with Crippen molar-refractivity contribution in [3.05, 3.63) is 82.9 Å². The zero-order valence-electron chi connectivity index (χ0n) is 31.7. The van der Waals surface area contributed by atoms with E-state index in [1.807, 2.05) is 11.9 Å². The molecule has 2 aliphatic rings. The van der Waals surface area contributed by atoms with Gasteiger partial charge in [0.15, 0.2) is 22.8 Å². The van der Waals surface area contributed by atoms with Crippen LogP contribution in [0.15, 0.2) is 59.0 Å². The first-order valence-corrected chi connectivity index (χ1v) is 18.8. The van der Waals surface area contributed by atoms with Crippen molar-refractivity contribution in [3.8, 4) is 11.5 Å². The van der Waals surface area contributed by atoms with E-state index in [0.717, 1.165) is 7.11 Å². The number of rotatable bonds is 8.